The molecular weight excluding hydrogens is 153 g/mol. The van der Waals surface area contributed by atoms with E-state index in [0.717, 1.165) is 0 Å². The van der Waals surface area contributed by atoms with Crippen LogP contribution in [0.25, 0.3) is 0 Å². The van der Waals surface area contributed by atoms with E-state index < -0.39 is 0 Å². The molecule has 0 radical (unpaired) electrons. The van der Waals surface area contributed by atoms with E-state index in [-0.39, 0.29) is 0 Å². The first-order chi connectivity index (χ1) is 5.91. The Morgan fingerprint density at radius 3 is 1.08 bits per heavy atom. The maximum atomic E-state index is 9.50. The zero-order chi connectivity index (χ0) is 11.4. The van der Waals surface area contributed by atoms with E-state index in [4.69, 9.17) is 0 Å². The second-order valence-corrected chi connectivity index (χ2v) is 0.493. The van der Waals surface area contributed by atoms with E-state index in [1.54, 1.807) is 6.20 Å². The lowest BCUT2D eigenvalue weighted by atomic mass is 11.0. The Morgan fingerprint density at radius 1 is 1.00 bits per heavy atom. The van der Waals surface area contributed by atoms with Gasteiger partial charge in [-0.25, -0.2) is 0 Å². The highest BCUT2D eigenvalue weighted by atomic mass is 19.1. The predicted octanol–water partition coefficient (Wildman–Crippen LogP) is 3.79. The van der Waals surface area contributed by atoms with Crippen molar-refractivity contribution in [1.82, 2.24) is 5.32 Å². The summed E-state index contributed by atoms with van der Waals surface area (Å²) in [5.41, 5.74) is 0. The summed E-state index contributed by atoms with van der Waals surface area (Å²) in [6.07, 6.45) is 1.62. The van der Waals surface area contributed by atoms with Crippen LogP contribution in [0.2, 0.25) is 0 Å². The minimum Gasteiger partial charge on any atom is -0.394 e. The van der Waals surface area contributed by atoms with Crippen molar-refractivity contribution in [3.63, 3.8) is 0 Å². The molecule has 0 unspecified atom stereocenters. The number of nitrogens with one attached hydrogen (secondary N) is 1. The van der Waals surface area contributed by atoms with Crippen molar-refractivity contribution in [2.24, 2.45) is 0 Å². The number of hydrogen-bond donors (Lipinski definition) is 1. The van der Waals surface area contributed by atoms with Crippen molar-refractivity contribution in [2.75, 3.05) is 14.2 Å². The van der Waals surface area contributed by atoms with Gasteiger partial charge in [0.2, 0.25) is 0 Å². The van der Waals surface area contributed by atoms with Crippen molar-refractivity contribution >= 4 is 0 Å². The highest BCUT2D eigenvalue weighted by molar-refractivity contribution is 4.55. The highest BCUT2D eigenvalue weighted by Gasteiger charge is 1.35. The SMILES string of the molecule is C=C.C=CNC.CC.CC.CF. The summed E-state index contributed by atoms with van der Waals surface area (Å²) in [7, 11) is 2.31. The van der Waals surface area contributed by atoms with Crippen LogP contribution in [0.1, 0.15) is 27.7 Å². The van der Waals surface area contributed by atoms with Crippen LogP contribution in [0.5, 0.6) is 0 Å². The molecule has 0 aromatic carbocycles. The molecule has 0 aliphatic rings. The van der Waals surface area contributed by atoms with Crippen molar-refractivity contribution in [3.8, 4) is 0 Å². The average Bonchev–Trinajstić information content (AvgIpc) is 2.29. The van der Waals surface area contributed by atoms with E-state index in [2.05, 4.69) is 25.1 Å². The van der Waals surface area contributed by atoms with Gasteiger partial charge in [0.05, 0.1) is 7.18 Å². The lowest BCUT2D eigenvalue weighted by molar-refractivity contribution is 0.636. The van der Waals surface area contributed by atoms with Crippen molar-refractivity contribution in [2.45, 2.75) is 27.7 Å². The predicted molar refractivity (Wildman–Crippen MR) is 60.2 cm³/mol. The van der Waals surface area contributed by atoms with Gasteiger partial charge in [-0.05, 0) is 6.20 Å². The molecule has 1 N–H and O–H groups in total. The molecule has 78 valence electrons. The van der Waals surface area contributed by atoms with E-state index in [1.807, 2.05) is 34.7 Å². The first kappa shape index (κ1) is 30.3. The van der Waals surface area contributed by atoms with Crippen LogP contribution in [0.3, 0.4) is 0 Å². The molecule has 12 heavy (non-hydrogen) atoms. The van der Waals surface area contributed by atoms with Gasteiger partial charge in [-0.2, -0.15) is 0 Å². The molecule has 0 saturated heterocycles. The number of rotatable bonds is 1. The molecule has 0 aliphatic heterocycles. The third-order valence-corrected chi connectivity index (χ3v) is 0.204. The Labute approximate surface area is 78.4 Å². The number of alkyl halides is 1. The van der Waals surface area contributed by atoms with E-state index in [9.17, 15) is 4.39 Å². The van der Waals surface area contributed by atoms with Crippen molar-refractivity contribution in [3.05, 3.63) is 25.9 Å². The van der Waals surface area contributed by atoms with Gasteiger partial charge in [-0.1, -0.05) is 34.3 Å². The van der Waals surface area contributed by atoms with Crippen molar-refractivity contribution in [1.29, 1.82) is 0 Å². The van der Waals surface area contributed by atoms with Crippen LogP contribution < -0.4 is 5.32 Å². The molecule has 1 nitrogen and oxygen atoms in total. The summed E-state index contributed by atoms with van der Waals surface area (Å²) in [5, 5.41) is 2.69. The Hall–Kier alpha value is -0.790. The zero-order valence-corrected chi connectivity index (χ0v) is 9.58. The van der Waals surface area contributed by atoms with Crippen molar-refractivity contribution < 1.29 is 4.39 Å². The Kier molecular flexibility index (Phi) is 1490. The van der Waals surface area contributed by atoms with E-state index in [0.29, 0.717) is 7.18 Å². The second kappa shape index (κ2) is 592. The molecule has 0 rings (SSSR count). The standard InChI is InChI=1S/C3H7N.2C2H6.C2H4.CH3F/c1-3-4-2;4*1-2/h3-4H,1H2,2H3;2*1-2H3;1-2H2;1H3. The molecule has 0 aromatic rings. The molecule has 2 heteroatoms. The minimum absolute atomic E-state index is 0.500. The van der Waals surface area contributed by atoms with Gasteiger partial charge in [0.15, 0.2) is 0 Å². The van der Waals surface area contributed by atoms with Gasteiger partial charge in [0.1, 0.15) is 0 Å². The normalized spacial score (nSPS) is 3.58. The van der Waals surface area contributed by atoms with E-state index >= 15 is 0 Å². The van der Waals surface area contributed by atoms with Gasteiger partial charge in [0.25, 0.3) is 0 Å². The van der Waals surface area contributed by atoms with Crippen LogP contribution >= 0.6 is 0 Å². The Balaban J connectivity index is -0.0000000181. The third-order valence-electron chi connectivity index (χ3n) is 0.204. The quantitative estimate of drug-likeness (QED) is 0.604. The molecule has 0 heterocycles. The third kappa shape index (κ3) is 14100. The monoisotopic (exact) mass is 179 g/mol. The maximum Gasteiger partial charge on any atom is 0.0785 e. The fourth-order valence-electron chi connectivity index (χ4n) is 0. The van der Waals surface area contributed by atoms with Crippen LogP contribution in [0.4, 0.5) is 4.39 Å². The van der Waals surface area contributed by atoms with Crippen LogP contribution in [0, 0.1) is 0 Å². The lowest BCUT2D eigenvalue weighted by Crippen LogP contribution is -1.87. The lowest BCUT2D eigenvalue weighted by Gasteiger charge is -1.70. The first-order valence-corrected chi connectivity index (χ1v) is 4.07. The zero-order valence-electron chi connectivity index (χ0n) is 9.58. The summed E-state index contributed by atoms with van der Waals surface area (Å²) >= 11 is 0. The van der Waals surface area contributed by atoms with Gasteiger partial charge in [-0.3, -0.25) is 4.39 Å². The molecule has 0 atom stereocenters. The molecule has 0 amide bonds. The number of halogens is 1. The molecule has 0 bridgehead atoms. The fourth-order valence-corrected chi connectivity index (χ4v) is 0. The molecule has 0 aliphatic carbocycles. The summed E-state index contributed by atoms with van der Waals surface area (Å²) in [4.78, 5) is 0. The van der Waals surface area contributed by atoms with Crippen LogP contribution in [-0.4, -0.2) is 14.2 Å². The van der Waals surface area contributed by atoms with Gasteiger partial charge in [0, 0.05) is 7.05 Å². The Morgan fingerprint density at radius 2 is 1.08 bits per heavy atom. The second-order valence-electron chi connectivity index (χ2n) is 0.493. The summed E-state index contributed by atoms with van der Waals surface area (Å²) < 4.78 is 9.50. The minimum atomic E-state index is 0.500. The molecular formula is C10H26FN. The van der Waals surface area contributed by atoms with Gasteiger partial charge in [-0.15, -0.1) is 13.2 Å². The van der Waals surface area contributed by atoms with Gasteiger partial charge >= 0.3 is 0 Å². The average molecular weight is 179 g/mol. The largest absolute Gasteiger partial charge is 0.394 e. The summed E-state index contributed by atoms with van der Waals surface area (Å²) in [6.45, 7) is 17.4. The first-order valence-electron chi connectivity index (χ1n) is 4.07. The Bertz CT molecular complexity index is 31.0. The smallest absolute Gasteiger partial charge is 0.0785 e. The topological polar surface area (TPSA) is 12.0 Å². The van der Waals surface area contributed by atoms with E-state index in [1.165, 1.54) is 0 Å². The maximum absolute atomic E-state index is 9.50. The van der Waals surface area contributed by atoms with Crippen LogP contribution in [0.15, 0.2) is 25.9 Å². The summed E-state index contributed by atoms with van der Waals surface area (Å²) in [5.74, 6) is 0. The molecule has 0 saturated carbocycles. The highest BCUT2D eigenvalue weighted by Crippen LogP contribution is 1.32. The molecule has 0 spiro atoms. The van der Waals surface area contributed by atoms with Crippen LogP contribution in [-0.2, 0) is 0 Å². The fraction of sp³-hybridized carbons (Fsp3) is 0.600. The summed E-state index contributed by atoms with van der Waals surface area (Å²) in [6, 6.07) is 0. The number of hydrogen-bond acceptors (Lipinski definition) is 1. The molecule has 0 fully saturated rings. The van der Waals surface area contributed by atoms with Gasteiger partial charge < -0.3 is 5.32 Å². The molecule has 0 aromatic heterocycles.